The van der Waals surface area contributed by atoms with Crippen LogP contribution in [0.1, 0.15) is 29.2 Å². The highest BCUT2D eigenvalue weighted by Gasteiger charge is 2.23. The van der Waals surface area contributed by atoms with Crippen molar-refractivity contribution in [1.29, 1.82) is 0 Å². The minimum Gasteiger partial charge on any atom is -0.497 e. The number of hydrogen-bond acceptors (Lipinski definition) is 5. The third-order valence-electron chi connectivity index (χ3n) is 3.13. The summed E-state index contributed by atoms with van der Waals surface area (Å²) in [6.07, 6.45) is -0.937. The molecule has 2 atom stereocenters. The van der Waals surface area contributed by atoms with Crippen molar-refractivity contribution in [2.45, 2.75) is 32.4 Å². The molecule has 3 N–H and O–H groups in total. The third kappa shape index (κ3) is 3.68. The van der Waals surface area contributed by atoms with Gasteiger partial charge in [-0.05, 0) is 42.7 Å². The molecule has 19 heavy (non-hydrogen) atoms. The lowest BCUT2D eigenvalue weighted by Gasteiger charge is -2.22. The molecule has 0 radical (unpaired) electrons. The second-order valence-electron chi connectivity index (χ2n) is 4.56. The monoisotopic (exact) mass is 267 g/mol. The summed E-state index contributed by atoms with van der Waals surface area (Å²) in [6, 6.07) is 2.96. The first-order chi connectivity index (χ1) is 8.90. The standard InChI is InChI=1S/C14H21NO4/c1-8-5-10(18-3)6-9(2)13(8)14(17)11(15)7-12(16)19-4/h5-6,11,14,17H,7,15H2,1-4H3. The van der Waals surface area contributed by atoms with Crippen molar-refractivity contribution in [2.24, 2.45) is 5.73 Å². The van der Waals surface area contributed by atoms with Gasteiger partial charge in [0, 0.05) is 6.04 Å². The van der Waals surface area contributed by atoms with E-state index in [-0.39, 0.29) is 6.42 Å². The molecule has 2 unspecified atom stereocenters. The van der Waals surface area contributed by atoms with Crippen LogP contribution in [-0.2, 0) is 9.53 Å². The molecule has 0 heterocycles. The SMILES string of the molecule is COC(=O)CC(N)C(O)c1c(C)cc(OC)cc1C. The molecule has 0 bridgehead atoms. The van der Waals surface area contributed by atoms with Gasteiger partial charge in [-0.15, -0.1) is 0 Å². The van der Waals surface area contributed by atoms with Crippen molar-refractivity contribution in [3.63, 3.8) is 0 Å². The molecular weight excluding hydrogens is 246 g/mol. The first-order valence-electron chi connectivity index (χ1n) is 6.06. The number of ether oxygens (including phenoxy) is 2. The van der Waals surface area contributed by atoms with E-state index in [2.05, 4.69) is 4.74 Å². The fourth-order valence-electron chi connectivity index (χ4n) is 2.12. The molecule has 106 valence electrons. The zero-order valence-electron chi connectivity index (χ0n) is 11.8. The second-order valence-corrected chi connectivity index (χ2v) is 4.56. The van der Waals surface area contributed by atoms with Crippen LogP contribution in [-0.4, -0.2) is 31.3 Å². The number of methoxy groups -OCH3 is 2. The molecule has 0 aliphatic heterocycles. The summed E-state index contributed by atoms with van der Waals surface area (Å²) in [5.41, 5.74) is 8.34. The Hall–Kier alpha value is -1.59. The van der Waals surface area contributed by atoms with Crippen LogP contribution in [0, 0.1) is 13.8 Å². The molecule has 0 saturated heterocycles. The average Bonchev–Trinajstić information content (AvgIpc) is 2.37. The number of esters is 1. The smallest absolute Gasteiger partial charge is 0.307 e. The van der Waals surface area contributed by atoms with Crippen LogP contribution in [0.4, 0.5) is 0 Å². The van der Waals surface area contributed by atoms with Crippen molar-refractivity contribution >= 4 is 5.97 Å². The van der Waals surface area contributed by atoms with Crippen LogP contribution in [0.2, 0.25) is 0 Å². The Morgan fingerprint density at radius 3 is 2.26 bits per heavy atom. The summed E-state index contributed by atoms with van der Waals surface area (Å²) < 4.78 is 9.72. The van der Waals surface area contributed by atoms with E-state index in [4.69, 9.17) is 10.5 Å². The summed E-state index contributed by atoms with van der Waals surface area (Å²) in [4.78, 5) is 11.2. The maximum absolute atomic E-state index is 11.2. The Morgan fingerprint density at radius 2 is 1.84 bits per heavy atom. The van der Waals surface area contributed by atoms with Crippen molar-refractivity contribution < 1.29 is 19.4 Å². The molecule has 5 heteroatoms. The Kier molecular flexibility index (Phi) is 5.32. The number of aryl methyl sites for hydroxylation is 2. The molecular formula is C14H21NO4. The number of carbonyl (C=O) groups is 1. The van der Waals surface area contributed by atoms with E-state index in [1.807, 2.05) is 26.0 Å². The molecule has 0 saturated carbocycles. The van der Waals surface area contributed by atoms with Gasteiger partial charge in [-0.2, -0.15) is 0 Å². The van der Waals surface area contributed by atoms with Crippen LogP contribution in [0.15, 0.2) is 12.1 Å². The molecule has 1 aromatic rings. The number of aliphatic hydroxyl groups excluding tert-OH is 1. The van der Waals surface area contributed by atoms with E-state index in [1.54, 1.807) is 7.11 Å². The maximum atomic E-state index is 11.2. The number of carbonyl (C=O) groups excluding carboxylic acids is 1. The van der Waals surface area contributed by atoms with Gasteiger partial charge in [0.2, 0.25) is 0 Å². The highest BCUT2D eigenvalue weighted by molar-refractivity contribution is 5.70. The van der Waals surface area contributed by atoms with Crippen LogP contribution in [0.3, 0.4) is 0 Å². The lowest BCUT2D eigenvalue weighted by Crippen LogP contribution is -2.32. The molecule has 0 amide bonds. The molecule has 0 aliphatic carbocycles. The summed E-state index contributed by atoms with van der Waals surface area (Å²) in [5, 5.41) is 10.3. The molecule has 0 spiro atoms. The van der Waals surface area contributed by atoms with Crippen LogP contribution >= 0.6 is 0 Å². The predicted octanol–water partition coefficient (Wildman–Crippen LogP) is 1.24. The van der Waals surface area contributed by atoms with E-state index >= 15 is 0 Å². The zero-order chi connectivity index (χ0) is 14.6. The summed E-state index contributed by atoms with van der Waals surface area (Å²) in [7, 11) is 2.89. The quantitative estimate of drug-likeness (QED) is 0.784. The molecule has 5 nitrogen and oxygen atoms in total. The summed E-state index contributed by atoms with van der Waals surface area (Å²) >= 11 is 0. The van der Waals surface area contributed by atoms with E-state index in [0.717, 1.165) is 22.4 Å². The Morgan fingerprint density at radius 1 is 1.32 bits per heavy atom. The van der Waals surface area contributed by atoms with Crippen molar-refractivity contribution in [3.8, 4) is 5.75 Å². The van der Waals surface area contributed by atoms with Gasteiger partial charge in [-0.3, -0.25) is 4.79 Å². The second kappa shape index (κ2) is 6.54. The van der Waals surface area contributed by atoms with Gasteiger partial charge < -0.3 is 20.3 Å². The Balaban J connectivity index is 2.99. The van der Waals surface area contributed by atoms with Crippen LogP contribution in [0.25, 0.3) is 0 Å². The minimum atomic E-state index is -0.912. The molecule has 0 aliphatic rings. The number of benzene rings is 1. The summed E-state index contributed by atoms with van der Waals surface area (Å²) in [5.74, 6) is 0.294. The number of aliphatic hydroxyl groups is 1. The molecule has 0 fully saturated rings. The van der Waals surface area contributed by atoms with Crippen molar-refractivity contribution in [1.82, 2.24) is 0 Å². The molecule has 0 aromatic heterocycles. The Labute approximate surface area is 113 Å². The minimum absolute atomic E-state index is 0.0252. The first-order valence-corrected chi connectivity index (χ1v) is 6.06. The lowest BCUT2D eigenvalue weighted by molar-refractivity contribution is -0.141. The lowest BCUT2D eigenvalue weighted by atomic mass is 9.92. The van der Waals surface area contributed by atoms with E-state index in [0.29, 0.717) is 0 Å². The van der Waals surface area contributed by atoms with E-state index < -0.39 is 18.1 Å². The van der Waals surface area contributed by atoms with E-state index in [9.17, 15) is 9.90 Å². The van der Waals surface area contributed by atoms with Crippen LogP contribution < -0.4 is 10.5 Å². The van der Waals surface area contributed by atoms with Gasteiger partial charge in [0.25, 0.3) is 0 Å². The number of rotatable bonds is 5. The van der Waals surface area contributed by atoms with Gasteiger partial charge in [0.05, 0.1) is 26.7 Å². The van der Waals surface area contributed by atoms with E-state index in [1.165, 1.54) is 7.11 Å². The number of hydrogen-bond donors (Lipinski definition) is 2. The van der Waals surface area contributed by atoms with Gasteiger partial charge >= 0.3 is 5.97 Å². The number of nitrogens with two attached hydrogens (primary N) is 1. The Bertz CT molecular complexity index is 436. The maximum Gasteiger partial charge on any atom is 0.307 e. The third-order valence-corrected chi connectivity index (χ3v) is 3.13. The van der Waals surface area contributed by atoms with Gasteiger partial charge in [0.15, 0.2) is 0 Å². The highest BCUT2D eigenvalue weighted by Crippen LogP contribution is 2.29. The molecule has 1 aromatic carbocycles. The average molecular weight is 267 g/mol. The van der Waals surface area contributed by atoms with Gasteiger partial charge in [-0.1, -0.05) is 0 Å². The highest BCUT2D eigenvalue weighted by atomic mass is 16.5. The van der Waals surface area contributed by atoms with Crippen LogP contribution in [0.5, 0.6) is 5.75 Å². The summed E-state index contributed by atoms with van der Waals surface area (Å²) in [6.45, 7) is 3.75. The van der Waals surface area contributed by atoms with Crippen molar-refractivity contribution in [3.05, 3.63) is 28.8 Å². The molecule has 1 rings (SSSR count). The van der Waals surface area contributed by atoms with Crippen molar-refractivity contribution in [2.75, 3.05) is 14.2 Å². The fraction of sp³-hybridized carbons (Fsp3) is 0.500. The fourth-order valence-corrected chi connectivity index (χ4v) is 2.12. The van der Waals surface area contributed by atoms with Gasteiger partial charge in [0.1, 0.15) is 5.75 Å². The normalized spacial score (nSPS) is 13.8. The predicted molar refractivity (Wildman–Crippen MR) is 72.0 cm³/mol. The largest absolute Gasteiger partial charge is 0.497 e. The van der Waals surface area contributed by atoms with Gasteiger partial charge in [-0.25, -0.2) is 0 Å². The zero-order valence-corrected chi connectivity index (χ0v) is 11.8. The first kappa shape index (κ1) is 15.5. The topological polar surface area (TPSA) is 81.8 Å².